The third kappa shape index (κ3) is 3.27. The van der Waals surface area contributed by atoms with Gasteiger partial charge in [0, 0.05) is 30.9 Å². The zero-order valence-corrected chi connectivity index (χ0v) is 15.2. The van der Waals surface area contributed by atoms with E-state index in [4.69, 9.17) is 0 Å². The predicted molar refractivity (Wildman–Crippen MR) is 98.5 cm³/mol. The van der Waals surface area contributed by atoms with Crippen molar-refractivity contribution in [2.45, 2.75) is 25.4 Å². The summed E-state index contributed by atoms with van der Waals surface area (Å²) in [4.78, 5) is 66.3. The first-order chi connectivity index (χ1) is 14.0. The van der Waals surface area contributed by atoms with Gasteiger partial charge in [0.1, 0.15) is 6.04 Å². The highest BCUT2D eigenvalue weighted by Gasteiger charge is 2.45. The maximum absolute atomic E-state index is 13.0. The van der Waals surface area contributed by atoms with E-state index in [0.717, 1.165) is 4.90 Å². The van der Waals surface area contributed by atoms with Crippen LogP contribution in [0.4, 0.5) is 0 Å². The molecule has 1 aromatic carbocycles. The SMILES string of the molecule is O=C1CCC(N2C(=O)c3cccc(CNC(=O)c4ccncc4)c3C2=O)C(=O)N1. The molecule has 0 aliphatic carbocycles. The van der Waals surface area contributed by atoms with Gasteiger partial charge in [-0.1, -0.05) is 12.1 Å². The number of nitrogens with one attached hydrogen (secondary N) is 2. The molecule has 1 unspecified atom stereocenters. The van der Waals surface area contributed by atoms with Crippen molar-refractivity contribution in [1.29, 1.82) is 0 Å². The number of fused-ring (bicyclic) bond motifs is 1. The molecule has 5 amide bonds. The standard InChI is InChI=1S/C20H16N4O5/c25-15-5-4-14(18(27)23-15)24-19(28)13-3-1-2-12(16(13)20(24)29)10-22-17(26)11-6-8-21-9-7-11/h1-3,6-9,14H,4-5,10H2,(H,22,26)(H,23,25,27). The summed E-state index contributed by atoms with van der Waals surface area (Å²) in [5.74, 6) is -2.62. The number of pyridine rings is 1. The van der Waals surface area contributed by atoms with Crippen LogP contribution in [0.1, 0.15) is 49.5 Å². The van der Waals surface area contributed by atoms with Gasteiger partial charge in [-0.3, -0.25) is 39.2 Å². The van der Waals surface area contributed by atoms with Crippen molar-refractivity contribution in [3.8, 4) is 0 Å². The van der Waals surface area contributed by atoms with Gasteiger partial charge >= 0.3 is 0 Å². The molecule has 0 bridgehead atoms. The summed E-state index contributed by atoms with van der Waals surface area (Å²) in [5, 5.41) is 4.88. The molecule has 0 saturated carbocycles. The molecule has 2 aromatic rings. The molecule has 4 rings (SSSR count). The van der Waals surface area contributed by atoms with Crippen LogP contribution in [0.3, 0.4) is 0 Å². The molecule has 2 N–H and O–H groups in total. The molecule has 2 aliphatic rings. The van der Waals surface area contributed by atoms with Crippen molar-refractivity contribution in [3.05, 3.63) is 65.0 Å². The number of hydrogen-bond acceptors (Lipinski definition) is 6. The molecule has 0 radical (unpaired) electrons. The Morgan fingerprint density at radius 3 is 2.59 bits per heavy atom. The Bertz CT molecular complexity index is 1050. The Morgan fingerprint density at radius 2 is 1.86 bits per heavy atom. The van der Waals surface area contributed by atoms with Crippen LogP contribution >= 0.6 is 0 Å². The Labute approximate surface area is 165 Å². The number of carbonyl (C=O) groups excluding carboxylic acids is 5. The maximum atomic E-state index is 13.0. The van der Waals surface area contributed by atoms with Crippen molar-refractivity contribution >= 4 is 29.5 Å². The van der Waals surface area contributed by atoms with Gasteiger partial charge in [0.05, 0.1) is 11.1 Å². The number of nitrogens with zero attached hydrogens (tertiary/aromatic N) is 2. The summed E-state index contributed by atoms with van der Waals surface area (Å²) in [7, 11) is 0. The Balaban J connectivity index is 1.57. The van der Waals surface area contributed by atoms with Crippen molar-refractivity contribution in [1.82, 2.24) is 20.5 Å². The molecule has 1 aromatic heterocycles. The second-order valence-corrected chi connectivity index (χ2v) is 6.71. The zero-order chi connectivity index (χ0) is 20.5. The number of benzene rings is 1. The average Bonchev–Trinajstić information content (AvgIpc) is 2.98. The minimum atomic E-state index is -1.03. The highest BCUT2D eigenvalue weighted by Crippen LogP contribution is 2.29. The molecule has 0 spiro atoms. The largest absolute Gasteiger partial charge is 0.348 e. The minimum absolute atomic E-state index is 0.0343. The molecule has 2 aliphatic heterocycles. The molecule has 1 atom stereocenters. The lowest BCUT2D eigenvalue weighted by Gasteiger charge is -2.27. The highest BCUT2D eigenvalue weighted by molar-refractivity contribution is 6.24. The van der Waals surface area contributed by atoms with E-state index in [1.807, 2.05) is 0 Å². The van der Waals surface area contributed by atoms with Crippen LogP contribution < -0.4 is 10.6 Å². The minimum Gasteiger partial charge on any atom is -0.348 e. The monoisotopic (exact) mass is 392 g/mol. The number of piperidine rings is 1. The number of rotatable bonds is 4. The summed E-state index contributed by atoms with van der Waals surface area (Å²) in [6.07, 6.45) is 3.13. The third-order valence-corrected chi connectivity index (χ3v) is 4.94. The van der Waals surface area contributed by atoms with Crippen molar-refractivity contribution in [2.75, 3.05) is 0 Å². The fraction of sp³-hybridized carbons (Fsp3) is 0.200. The van der Waals surface area contributed by atoms with Crippen LogP contribution in [0, 0.1) is 0 Å². The quantitative estimate of drug-likeness (QED) is 0.726. The van der Waals surface area contributed by atoms with E-state index in [2.05, 4.69) is 15.6 Å². The van der Waals surface area contributed by atoms with Crippen LogP contribution in [0.25, 0.3) is 0 Å². The van der Waals surface area contributed by atoms with E-state index in [1.54, 1.807) is 24.3 Å². The normalized spacial score (nSPS) is 18.5. The number of carbonyl (C=O) groups is 5. The van der Waals surface area contributed by atoms with Gasteiger partial charge < -0.3 is 5.32 Å². The van der Waals surface area contributed by atoms with Gasteiger partial charge in [-0.05, 0) is 30.2 Å². The van der Waals surface area contributed by atoms with Gasteiger partial charge in [-0.15, -0.1) is 0 Å². The van der Waals surface area contributed by atoms with Gasteiger partial charge in [-0.25, -0.2) is 0 Å². The number of imide groups is 2. The van der Waals surface area contributed by atoms with Gasteiger partial charge in [-0.2, -0.15) is 0 Å². The van der Waals surface area contributed by atoms with Crippen LogP contribution in [-0.4, -0.2) is 45.5 Å². The average molecular weight is 392 g/mol. The van der Waals surface area contributed by atoms with E-state index < -0.39 is 29.7 Å². The van der Waals surface area contributed by atoms with E-state index in [1.165, 1.54) is 18.5 Å². The third-order valence-electron chi connectivity index (χ3n) is 4.94. The zero-order valence-electron chi connectivity index (χ0n) is 15.2. The maximum Gasteiger partial charge on any atom is 0.262 e. The predicted octanol–water partition coefficient (Wildman–Crippen LogP) is 0.413. The second kappa shape index (κ2) is 7.27. The first kappa shape index (κ1) is 18.5. The van der Waals surface area contributed by atoms with Crippen molar-refractivity contribution < 1.29 is 24.0 Å². The molecule has 146 valence electrons. The van der Waals surface area contributed by atoms with Crippen LogP contribution in [-0.2, 0) is 16.1 Å². The van der Waals surface area contributed by atoms with Gasteiger partial charge in [0.2, 0.25) is 11.8 Å². The molecule has 9 nitrogen and oxygen atoms in total. The fourth-order valence-electron chi connectivity index (χ4n) is 3.51. The van der Waals surface area contributed by atoms with Gasteiger partial charge in [0.15, 0.2) is 0 Å². The van der Waals surface area contributed by atoms with Crippen LogP contribution in [0.15, 0.2) is 42.7 Å². The second-order valence-electron chi connectivity index (χ2n) is 6.71. The highest BCUT2D eigenvalue weighted by atomic mass is 16.2. The topological polar surface area (TPSA) is 126 Å². The number of hydrogen-bond donors (Lipinski definition) is 2. The van der Waals surface area contributed by atoms with Crippen molar-refractivity contribution in [2.24, 2.45) is 0 Å². The smallest absolute Gasteiger partial charge is 0.262 e. The van der Waals surface area contributed by atoms with Gasteiger partial charge in [0.25, 0.3) is 17.7 Å². The lowest BCUT2D eigenvalue weighted by Crippen LogP contribution is -2.54. The summed E-state index contributed by atoms with van der Waals surface area (Å²) in [6.45, 7) is 0.0343. The molecule has 1 saturated heterocycles. The summed E-state index contributed by atoms with van der Waals surface area (Å²) in [5.41, 5.74) is 1.23. The summed E-state index contributed by atoms with van der Waals surface area (Å²) >= 11 is 0. The molecular formula is C20H16N4O5. The van der Waals surface area contributed by atoms with Crippen molar-refractivity contribution in [3.63, 3.8) is 0 Å². The lowest BCUT2D eigenvalue weighted by atomic mass is 10.0. The fourth-order valence-corrected chi connectivity index (χ4v) is 3.51. The Morgan fingerprint density at radius 1 is 1.10 bits per heavy atom. The number of aromatic nitrogens is 1. The first-order valence-electron chi connectivity index (χ1n) is 8.99. The summed E-state index contributed by atoms with van der Waals surface area (Å²) < 4.78 is 0. The number of amides is 5. The van der Waals surface area contributed by atoms with E-state index >= 15 is 0 Å². The molecule has 1 fully saturated rings. The Kier molecular flexibility index (Phi) is 4.63. The molecule has 3 heterocycles. The van der Waals surface area contributed by atoms with E-state index in [-0.39, 0.29) is 36.4 Å². The molecular weight excluding hydrogens is 376 g/mol. The first-order valence-corrected chi connectivity index (χ1v) is 8.99. The van der Waals surface area contributed by atoms with Crippen LogP contribution in [0.2, 0.25) is 0 Å². The van der Waals surface area contributed by atoms with E-state index in [9.17, 15) is 24.0 Å². The molecule has 29 heavy (non-hydrogen) atoms. The lowest BCUT2D eigenvalue weighted by molar-refractivity contribution is -0.136. The van der Waals surface area contributed by atoms with Crippen LogP contribution in [0.5, 0.6) is 0 Å². The molecule has 9 heteroatoms. The Hall–Kier alpha value is -3.88. The van der Waals surface area contributed by atoms with E-state index in [0.29, 0.717) is 11.1 Å². The summed E-state index contributed by atoms with van der Waals surface area (Å²) in [6, 6.07) is 6.86.